The number of benzene rings is 2. The second kappa shape index (κ2) is 6.74. The summed E-state index contributed by atoms with van der Waals surface area (Å²) < 4.78 is 10.9. The van der Waals surface area contributed by atoms with Crippen LogP contribution in [0, 0.1) is 5.92 Å². The molecule has 0 aliphatic carbocycles. The molecule has 1 aromatic heterocycles. The van der Waals surface area contributed by atoms with E-state index < -0.39 is 0 Å². The van der Waals surface area contributed by atoms with E-state index in [0.29, 0.717) is 29.3 Å². The molecule has 5 nitrogen and oxygen atoms in total. The van der Waals surface area contributed by atoms with Gasteiger partial charge >= 0.3 is 0 Å². The number of nitrogens with zero attached hydrogens (tertiary/aromatic N) is 1. The Hall–Kier alpha value is -2.82. The molecule has 0 aliphatic heterocycles. The molecule has 3 rings (SSSR count). The van der Waals surface area contributed by atoms with Crippen molar-refractivity contribution < 1.29 is 13.9 Å². The van der Waals surface area contributed by atoms with Gasteiger partial charge in [0.2, 0.25) is 11.8 Å². The molecule has 1 amide bonds. The van der Waals surface area contributed by atoms with E-state index in [1.807, 2.05) is 56.3 Å². The Kier molecular flexibility index (Phi) is 4.51. The van der Waals surface area contributed by atoms with E-state index in [1.165, 1.54) is 0 Å². The Morgan fingerprint density at radius 2 is 1.96 bits per heavy atom. The van der Waals surface area contributed by atoms with Crippen molar-refractivity contribution in [3.63, 3.8) is 0 Å². The highest BCUT2D eigenvalue weighted by Gasteiger charge is 2.11. The van der Waals surface area contributed by atoms with Gasteiger partial charge < -0.3 is 14.5 Å². The lowest BCUT2D eigenvalue weighted by atomic mass is 10.1. The van der Waals surface area contributed by atoms with Gasteiger partial charge in [0, 0.05) is 17.7 Å². The fraction of sp³-hybridized carbons (Fsp3) is 0.263. The number of hydrogen-bond acceptors (Lipinski definition) is 4. The largest absolute Gasteiger partial charge is 0.497 e. The van der Waals surface area contributed by atoms with Gasteiger partial charge in [0.15, 0.2) is 5.58 Å². The summed E-state index contributed by atoms with van der Waals surface area (Å²) in [6.45, 7) is 4.03. The highest BCUT2D eigenvalue weighted by Crippen LogP contribution is 2.27. The number of fused-ring (bicyclic) bond motifs is 1. The van der Waals surface area contributed by atoms with Crippen LogP contribution in [0.15, 0.2) is 46.9 Å². The number of ether oxygens (including phenoxy) is 1. The summed E-state index contributed by atoms with van der Waals surface area (Å²) in [6.07, 6.45) is 0.494. The monoisotopic (exact) mass is 324 g/mol. The number of amides is 1. The lowest BCUT2D eigenvalue weighted by Crippen LogP contribution is -2.13. The quantitative estimate of drug-likeness (QED) is 0.751. The molecule has 0 aliphatic rings. The van der Waals surface area contributed by atoms with E-state index in [1.54, 1.807) is 7.11 Å². The Labute approximate surface area is 140 Å². The normalized spacial score (nSPS) is 11.0. The number of oxazole rings is 1. The van der Waals surface area contributed by atoms with Gasteiger partial charge in [-0.05, 0) is 48.4 Å². The van der Waals surface area contributed by atoms with Crippen molar-refractivity contribution in [2.24, 2.45) is 5.92 Å². The maximum Gasteiger partial charge on any atom is 0.227 e. The van der Waals surface area contributed by atoms with E-state index >= 15 is 0 Å². The highest BCUT2D eigenvalue weighted by molar-refractivity contribution is 5.93. The molecule has 124 valence electrons. The predicted molar refractivity (Wildman–Crippen MR) is 94.1 cm³/mol. The molecular weight excluding hydrogens is 304 g/mol. The Bertz CT molecular complexity index is 851. The first-order chi connectivity index (χ1) is 11.5. The number of carbonyl (C=O) groups is 1. The highest BCUT2D eigenvalue weighted by atomic mass is 16.5. The summed E-state index contributed by atoms with van der Waals surface area (Å²) in [7, 11) is 1.63. The average Bonchev–Trinajstić information content (AvgIpc) is 2.97. The van der Waals surface area contributed by atoms with Gasteiger partial charge in [-0.2, -0.15) is 0 Å². The second-order valence-corrected chi connectivity index (χ2v) is 6.08. The van der Waals surface area contributed by atoms with E-state index in [-0.39, 0.29) is 5.91 Å². The van der Waals surface area contributed by atoms with Gasteiger partial charge in [0.05, 0.1) is 7.11 Å². The molecule has 1 heterocycles. The average molecular weight is 324 g/mol. The topological polar surface area (TPSA) is 64.4 Å². The van der Waals surface area contributed by atoms with E-state index in [2.05, 4.69) is 10.3 Å². The molecule has 0 saturated carbocycles. The first-order valence-corrected chi connectivity index (χ1v) is 7.90. The number of methoxy groups -OCH3 is 1. The summed E-state index contributed by atoms with van der Waals surface area (Å²) in [5.74, 6) is 1.65. The Balaban J connectivity index is 1.84. The lowest BCUT2D eigenvalue weighted by molar-refractivity contribution is -0.116. The van der Waals surface area contributed by atoms with Gasteiger partial charge in [-0.3, -0.25) is 4.79 Å². The van der Waals surface area contributed by atoms with Crippen LogP contribution in [0.5, 0.6) is 5.75 Å². The van der Waals surface area contributed by atoms with Crippen molar-refractivity contribution in [2.45, 2.75) is 20.3 Å². The van der Waals surface area contributed by atoms with Crippen molar-refractivity contribution in [1.29, 1.82) is 0 Å². The number of hydrogen-bond donors (Lipinski definition) is 1. The number of rotatable bonds is 5. The van der Waals surface area contributed by atoms with Crippen molar-refractivity contribution in [1.82, 2.24) is 4.98 Å². The standard InChI is InChI=1S/C19H20N2O3/c1-12(2)10-18(22)20-14-6-9-17-16(11-14)21-19(24-17)13-4-7-15(23-3)8-5-13/h4-9,11-12H,10H2,1-3H3,(H,20,22). The molecule has 0 atom stereocenters. The van der Waals surface area contributed by atoms with Crippen molar-refractivity contribution in [2.75, 3.05) is 12.4 Å². The fourth-order valence-corrected chi connectivity index (χ4v) is 2.45. The van der Waals surface area contributed by atoms with Crippen LogP contribution in [-0.4, -0.2) is 18.0 Å². The molecule has 0 radical (unpaired) electrons. The number of nitrogens with one attached hydrogen (secondary N) is 1. The third kappa shape index (κ3) is 3.56. The van der Waals surface area contributed by atoms with Gasteiger partial charge in [-0.25, -0.2) is 4.98 Å². The number of aromatic nitrogens is 1. The first-order valence-electron chi connectivity index (χ1n) is 7.90. The lowest BCUT2D eigenvalue weighted by Gasteiger charge is -2.06. The van der Waals surface area contributed by atoms with Crippen LogP contribution in [0.3, 0.4) is 0 Å². The molecule has 1 N–H and O–H groups in total. The molecule has 5 heteroatoms. The first kappa shape index (κ1) is 16.1. The maximum atomic E-state index is 11.9. The minimum absolute atomic E-state index is 0.00298. The molecule has 24 heavy (non-hydrogen) atoms. The Morgan fingerprint density at radius 3 is 2.62 bits per heavy atom. The molecule has 0 unspecified atom stereocenters. The minimum Gasteiger partial charge on any atom is -0.497 e. The Morgan fingerprint density at radius 1 is 1.21 bits per heavy atom. The summed E-state index contributed by atoms with van der Waals surface area (Å²) in [5, 5.41) is 2.89. The van der Waals surface area contributed by atoms with Crippen LogP contribution in [0.2, 0.25) is 0 Å². The second-order valence-electron chi connectivity index (χ2n) is 6.08. The van der Waals surface area contributed by atoms with Gasteiger partial charge in [0.25, 0.3) is 0 Å². The van der Waals surface area contributed by atoms with Crippen molar-refractivity contribution in [3.8, 4) is 17.2 Å². The van der Waals surface area contributed by atoms with Crippen molar-refractivity contribution >= 4 is 22.7 Å². The molecule has 0 bridgehead atoms. The maximum absolute atomic E-state index is 11.9. The summed E-state index contributed by atoms with van der Waals surface area (Å²) >= 11 is 0. The molecular formula is C19H20N2O3. The summed E-state index contributed by atoms with van der Waals surface area (Å²) in [4.78, 5) is 16.4. The van der Waals surface area contributed by atoms with Crippen LogP contribution in [0.25, 0.3) is 22.6 Å². The fourth-order valence-electron chi connectivity index (χ4n) is 2.45. The van der Waals surface area contributed by atoms with Crippen LogP contribution >= 0.6 is 0 Å². The predicted octanol–water partition coefficient (Wildman–Crippen LogP) is 4.49. The SMILES string of the molecule is COc1ccc(-c2nc3cc(NC(=O)CC(C)C)ccc3o2)cc1. The zero-order chi connectivity index (χ0) is 17.1. The van der Waals surface area contributed by atoms with Crippen molar-refractivity contribution in [3.05, 3.63) is 42.5 Å². The number of anilines is 1. The zero-order valence-electron chi connectivity index (χ0n) is 14.0. The molecule has 3 aromatic rings. The third-order valence-corrected chi connectivity index (χ3v) is 3.60. The van der Waals surface area contributed by atoms with Crippen LogP contribution in [-0.2, 0) is 4.79 Å². The van der Waals surface area contributed by atoms with E-state index in [0.717, 1.165) is 17.0 Å². The van der Waals surface area contributed by atoms with Gasteiger partial charge in [-0.15, -0.1) is 0 Å². The van der Waals surface area contributed by atoms with Crippen LogP contribution in [0.4, 0.5) is 5.69 Å². The van der Waals surface area contributed by atoms with Crippen LogP contribution < -0.4 is 10.1 Å². The molecule has 0 saturated heterocycles. The molecule has 0 fully saturated rings. The number of carbonyl (C=O) groups excluding carboxylic acids is 1. The zero-order valence-corrected chi connectivity index (χ0v) is 14.0. The van der Waals surface area contributed by atoms with Gasteiger partial charge in [-0.1, -0.05) is 13.8 Å². The summed E-state index contributed by atoms with van der Waals surface area (Å²) in [6, 6.07) is 13.0. The summed E-state index contributed by atoms with van der Waals surface area (Å²) in [5.41, 5.74) is 2.99. The molecule has 2 aromatic carbocycles. The minimum atomic E-state index is 0.00298. The smallest absolute Gasteiger partial charge is 0.227 e. The van der Waals surface area contributed by atoms with Gasteiger partial charge in [0.1, 0.15) is 11.3 Å². The van der Waals surface area contributed by atoms with Crippen LogP contribution in [0.1, 0.15) is 20.3 Å². The van der Waals surface area contributed by atoms with E-state index in [9.17, 15) is 4.79 Å². The third-order valence-electron chi connectivity index (χ3n) is 3.60. The molecule has 0 spiro atoms. The van der Waals surface area contributed by atoms with E-state index in [4.69, 9.17) is 9.15 Å².